The van der Waals surface area contributed by atoms with E-state index in [2.05, 4.69) is 0 Å². The molecule has 0 spiro atoms. The van der Waals surface area contributed by atoms with E-state index in [0.29, 0.717) is 10.6 Å². The van der Waals surface area contributed by atoms with Crippen molar-refractivity contribution in [3.63, 3.8) is 0 Å². The van der Waals surface area contributed by atoms with Crippen LogP contribution in [0.1, 0.15) is 32.1 Å². The van der Waals surface area contributed by atoms with Gasteiger partial charge in [0.05, 0.1) is 12.0 Å². The van der Waals surface area contributed by atoms with Gasteiger partial charge in [-0.3, -0.25) is 0 Å². The summed E-state index contributed by atoms with van der Waals surface area (Å²) in [7, 11) is -0.129. The van der Waals surface area contributed by atoms with Crippen molar-refractivity contribution in [3.8, 4) is 5.75 Å². The minimum Gasteiger partial charge on any atom is -0.497 e. The van der Waals surface area contributed by atoms with E-state index in [1.54, 1.807) is 38.4 Å². The molecule has 0 radical (unpaired) electrons. The lowest BCUT2D eigenvalue weighted by atomic mass is 9.96. The summed E-state index contributed by atoms with van der Waals surface area (Å²) in [6.45, 7) is 0. The van der Waals surface area contributed by atoms with Crippen molar-refractivity contribution < 1.29 is 28.2 Å². The summed E-state index contributed by atoms with van der Waals surface area (Å²) >= 11 is 0. The molecule has 2 rings (SSSR count). The van der Waals surface area contributed by atoms with Crippen molar-refractivity contribution in [1.29, 1.82) is 0 Å². The van der Waals surface area contributed by atoms with Crippen LogP contribution in [0.3, 0.4) is 0 Å². The number of carbonyl (C=O) groups is 1. The molecule has 1 aromatic rings. The van der Waals surface area contributed by atoms with Crippen LogP contribution in [0.4, 0.5) is 4.79 Å². The maximum absolute atomic E-state index is 12.5. The molecule has 0 aliphatic heterocycles. The highest BCUT2D eigenvalue weighted by molar-refractivity contribution is 7.89. The molecule has 1 fully saturated rings. The van der Waals surface area contributed by atoms with Crippen LogP contribution in [0, 0.1) is 0 Å². The molecule has 0 saturated heterocycles. The first-order chi connectivity index (χ1) is 10.8. The summed E-state index contributed by atoms with van der Waals surface area (Å²) < 4.78 is 31.6. The molecule has 0 aromatic heterocycles. The maximum Gasteiger partial charge on any atom is 0.503 e. The van der Waals surface area contributed by atoms with Crippen molar-refractivity contribution in [2.24, 2.45) is 0 Å². The van der Waals surface area contributed by atoms with Crippen LogP contribution in [0.15, 0.2) is 29.2 Å². The Bertz CT molecular complexity index is 589. The van der Waals surface area contributed by atoms with Crippen LogP contribution in [0.2, 0.25) is 0 Å². The fourth-order valence-corrected chi connectivity index (χ4v) is 3.97. The monoisotopic (exact) mass is 345 g/mol. The van der Waals surface area contributed by atoms with Gasteiger partial charge in [0.15, 0.2) is 0 Å². The van der Waals surface area contributed by atoms with Gasteiger partial charge in [-0.05, 0) is 37.1 Å². The van der Waals surface area contributed by atoms with E-state index in [9.17, 15) is 8.42 Å². The molecule has 0 heterocycles. The average molecular weight is 345 g/mol. The van der Waals surface area contributed by atoms with Crippen LogP contribution in [0.5, 0.6) is 5.75 Å². The third kappa shape index (κ3) is 5.72. The van der Waals surface area contributed by atoms with Crippen LogP contribution in [0.25, 0.3) is 0 Å². The molecule has 1 aromatic carbocycles. The van der Waals surface area contributed by atoms with Gasteiger partial charge in [0, 0.05) is 13.1 Å². The summed E-state index contributed by atoms with van der Waals surface area (Å²) in [5.41, 5.74) is 0. The lowest BCUT2D eigenvalue weighted by Crippen LogP contribution is -2.38. The molecule has 0 unspecified atom stereocenters. The van der Waals surface area contributed by atoms with Gasteiger partial charge in [0.25, 0.3) is 0 Å². The molecule has 2 N–H and O–H groups in total. The number of sulfonamides is 1. The molecular weight excluding hydrogens is 322 g/mol. The van der Waals surface area contributed by atoms with Gasteiger partial charge >= 0.3 is 6.16 Å². The Kier molecular flexibility index (Phi) is 7.31. The Morgan fingerprint density at radius 2 is 1.61 bits per heavy atom. The molecular formula is C15H23NO6S. The van der Waals surface area contributed by atoms with Crippen molar-refractivity contribution in [3.05, 3.63) is 24.3 Å². The fraction of sp³-hybridized carbons (Fsp3) is 0.533. The summed E-state index contributed by atoms with van der Waals surface area (Å²) in [4.78, 5) is 8.89. The topological polar surface area (TPSA) is 104 Å². The highest BCUT2D eigenvalue weighted by atomic mass is 32.2. The molecule has 1 aliphatic rings. The van der Waals surface area contributed by atoms with Gasteiger partial charge < -0.3 is 14.9 Å². The number of carboxylic acid groups (broad SMARTS) is 2. The molecule has 7 nitrogen and oxygen atoms in total. The lowest BCUT2D eigenvalue weighted by molar-refractivity contribution is 0.137. The lowest BCUT2D eigenvalue weighted by Gasteiger charge is -2.30. The van der Waals surface area contributed by atoms with E-state index in [1.807, 2.05) is 0 Å². The van der Waals surface area contributed by atoms with Crippen molar-refractivity contribution >= 4 is 16.2 Å². The number of methoxy groups -OCH3 is 1. The zero-order valence-electron chi connectivity index (χ0n) is 13.3. The second kappa shape index (κ2) is 8.73. The number of nitrogens with zero attached hydrogens (tertiary/aromatic N) is 1. The fourth-order valence-electron chi connectivity index (χ4n) is 2.55. The first-order valence-corrected chi connectivity index (χ1v) is 8.77. The van der Waals surface area contributed by atoms with Crippen LogP contribution in [-0.2, 0) is 10.0 Å². The Morgan fingerprint density at radius 3 is 2.04 bits per heavy atom. The van der Waals surface area contributed by atoms with Crippen LogP contribution in [-0.4, -0.2) is 49.3 Å². The number of benzene rings is 1. The highest BCUT2D eigenvalue weighted by Gasteiger charge is 2.28. The van der Waals surface area contributed by atoms with Gasteiger partial charge in [-0.2, -0.15) is 4.31 Å². The Morgan fingerprint density at radius 1 is 1.13 bits per heavy atom. The number of rotatable bonds is 4. The predicted octanol–water partition coefficient (Wildman–Crippen LogP) is 2.87. The molecule has 0 bridgehead atoms. The molecule has 1 saturated carbocycles. The SMILES string of the molecule is COc1ccc(S(=O)(=O)N(C)C2CCCCC2)cc1.O=C(O)O. The second-order valence-electron chi connectivity index (χ2n) is 5.27. The Hall–Kier alpha value is -1.80. The van der Waals surface area contributed by atoms with E-state index in [4.69, 9.17) is 19.7 Å². The van der Waals surface area contributed by atoms with Crippen LogP contribution >= 0.6 is 0 Å². The van der Waals surface area contributed by atoms with E-state index in [0.717, 1.165) is 25.7 Å². The minimum absolute atomic E-state index is 0.140. The number of hydrogen-bond acceptors (Lipinski definition) is 4. The normalized spacial score (nSPS) is 15.6. The zero-order valence-corrected chi connectivity index (χ0v) is 14.1. The maximum atomic E-state index is 12.5. The first kappa shape index (κ1) is 19.2. The van der Waals surface area contributed by atoms with Crippen molar-refractivity contribution in [1.82, 2.24) is 4.31 Å². The number of ether oxygens (including phenoxy) is 1. The minimum atomic E-state index is -3.39. The largest absolute Gasteiger partial charge is 0.503 e. The predicted molar refractivity (Wildman–Crippen MR) is 85.5 cm³/mol. The smallest absolute Gasteiger partial charge is 0.497 e. The second-order valence-corrected chi connectivity index (χ2v) is 7.27. The summed E-state index contributed by atoms with van der Waals surface area (Å²) in [5.74, 6) is 0.666. The number of hydrogen-bond donors (Lipinski definition) is 2. The van der Waals surface area contributed by atoms with Gasteiger partial charge in [-0.25, -0.2) is 13.2 Å². The van der Waals surface area contributed by atoms with Gasteiger partial charge in [-0.15, -0.1) is 0 Å². The van der Waals surface area contributed by atoms with E-state index < -0.39 is 16.2 Å². The van der Waals surface area contributed by atoms with Crippen molar-refractivity contribution in [2.75, 3.05) is 14.2 Å². The van der Waals surface area contributed by atoms with Crippen molar-refractivity contribution in [2.45, 2.75) is 43.0 Å². The standard InChI is InChI=1S/C14H21NO3S.CH2O3/c1-15(12-6-4-3-5-7-12)19(16,17)14-10-8-13(18-2)9-11-14;2-1(3)4/h8-12H,3-7H2,1-2H3;(H2,2,3,4). The molecule has 0 amide bonds. The first-order valence-electron chi connectivity index (χ1n) is 7.33. The molecule has 8 heteroatoms. The Balaban J connectivity index is 0.000000593. The average Bonchev–Trinajstić information content (AvgIpc) is 2.54. The van der Waals surface area contributed by atoms with Gasteiger partial charge in [-0.1, -0.05) is 19.3 Å². The summed E-state index contributed by atoms with van der Waals surface area (Å²) in [5, 5.41) is 13.9. The third-order valence-corrected chi connectivity index (χ3v) is 5.75. The molecule has 23 heavy (non-hydrogen) atoms. The summed E-state index contributed by atoms with van der Waals surface area (Å²) in [6.07, 6.45) is 3.55. The van der Waals surface area contributed by atoms with E-state index in [-0.39, 0.29) is 6.04 Å². The highest BCUT2D eigenvalue weighted by Crippen LogP contribution is 2.27. The Labute approximate surface area is 136 Å². The summed E-state index contributed by atoms with van der Waals surface area (Å²) in [6, 6.07) is 6.71. The molecule has 0 atom stereocenters. The molecule has 1 aliphatic carbocycles. The molecule has 130 valence electrons. The van der Waals surface area contributed by atoms with Crippen LogP contribution < -0.4 is 4.74 Å². The zero-order chi connectivity index (χ0) is 17.5. The van der Waals surface area contributed by atoms with E-state index in [1.165, 1.54) is 10.7 Å². The quantitative estimate of drug-likeness (QED) is 0.869. The van der Waals surface area contributed by atoms with E-state index >= 15 is 0 Å². The van der Waals surface area contributed by atoms with Gasteiger partial charge in [0.2, 0.25) is 10.0 Å². The third-order valence-electron chi connectivity index (χ3n) is 3.83. The van der Waals surface area contributed by atoms with Gasteiger partial charge in [0.1, 0.15) is 5.75 Å².